The predicted octanol–water partition coefficient (Wildman–Crippen LogP) is 2.55. The average Bonchev–Trinajstić information content (AvgIpc) is 3.06. The summed E-state index contributed by atoms with van der Waals surface area (Å²) in [5, 5.41) is 9.35. The van der Waals surface area contributed by atoms with Crippen molar-refractivity contribution in [3.05, 3.63) is 42.0 Å². The van der Waals surface area contributed by atoms with E-state index in [1.807, 2.05) is 30.3 Å². The van der Waals surface area contributed by atoms with Gasteiger partial charge in [0.25, 0.3) is 0 Å². The molecule has 1 aromatic rings. The van der Waals surface area contributed by atoms with Crippen LogP contribution in [0.1, 0.15) is 31.2 Å². The maximum atomic E-state index is 12.5. The molecule has 3 atom stereocenters. The lowest BCUT2D eigenvalue weighted by atomic mass is 10.0. The van der Waals surface area contributed by atoms with Gasteiger partial charge in [0.15, 0.2) is 0 Å². The van der Waals surface area contributed by atoms with Crippen LogP contribution in [0.2, 0.25) is 0 Å². The Labute approximate surface area is 124 Å². The summed E-state index contributed by atoms with van der Waals surface area (Å²) in [6.07, 6.45) is 6.92. The predicted molar refractivity (Wildman–Crippen MR) is 79.5 cm³/mol. The van der Waals surface area contributed by atoms with E-state index in [-0.39, 0.29) is 11.9 Å². The van der Waals surface area contributed by atoms with E-state index in [2.05, 4.69) is 0 Å². The first kappa shape index (κ1) is 13.9. The van der Waals surface area contributed by atoms with Crippen molar-refractivity contribution in [1.29, 1.82) is 0 Å². The summed E-state index contributed by atoms with van der Waals surface area (Å²) in [7, 11) is 0. The molecule has 1 saturated carbocycles. The van der Waals surface area contributed by atoms with E-state index in [0.29, 0.717) is 12.3 Å². The first-order valence-electron chi connectivity index (χ1n) is 7.45. The fourth-order valence-corrected chi connectivity index (χ4v) is 3.64. The maximum Gasteiger partial charge on any atom is 0.326 e. The van der Waals surface area contributed by atoms with Gasteiger partial charge in [0.2, 0.25) is 5.91 Å². The van der Waals surface area contributed by atoms with Gasteiger partial charge in [-0.2, -0.15) is 0 Å². The number of hydrogen-bond acceptors (Lipinski definition) is 2. The number of benzene rings is 1. The maximum absolute atomic E-state index is 12.5. The van der Waals surface area contributed by atoms with Crippen LogP contribution in [0.4, 0.5) is 0 Å². The summed E-state index contributed by atoms with van der Waals surface area (Å²) in [5.41, 5.74) is 0.944. The summed E-state index contributed by atoms with van der Waals surface area (Å²) in [6, 6.07) is 9.03. The molecule has 1 N–H and O–H groups in total. The summed E-state index contributed by atoms with van der Waals surface area (Å²) in [5.74, 6) is -0.702. The van der Waals surface area contributed by atoms with Crippen LogP contribution in [0, 0.1) is 5.92 Å². The molecule has 110 valence electrons. The molecule has 1 aromatic carbocycles. The normalized spacial score (nSPS) is 28.0. The van der Waals surface area contributed by atoms with Gasteiger partial charge in [-0.25, -0.2) is 4.79 Å². The molecule has 1 heterocycles. The zero-order valence-electron chi connectivity index (χ0n) is 11.8. The van der Waals surface area contributed by atoms with Gasteiger partial charge in [0, 0.05) is 12.1 Å². The fourth-order valence-electron chi connectivity index (χ4n) is 3.64. The number of carboxylic acid groups (broad SMARTS) is 1. The molecule has 1 aliphatic carbocycles. The van der Waals surface area contributed by atoms with Crippen LogP contribution < -0.4 is 0 Å². The van der Waals surface area contributed by atoms with Crippen LogP contribution in [0.5, 0.6) is 0 Å². The van der Waals surface area contributed by atoms with Crippen molar-refractivity contribution >= 4 is 18.0 Å². The molecule has 0 bridgehead atoms. The third-order valence-corrected chi connectivity index (χ3v) is 4.60. The number of fused-ring (bicyclic) bond motifs is 1. The monoisotopic (exact) mass is 285 g/mol. The van der Waals surface area contributed by atoms with E-state index in [0.717, 1.165) is 24.8 Å². The molecule has 1 aliphatic heterocycles. The second-order valence-electron chi connectivity index (χ2n) is 5.84. The molecule has 1 amide bonds. The van der Waals surface area contributed by atoms with Crippen molar-refractivity contribution in [2.24, 2.45) is 5.92 Å². The Morgan fingerprint density at radius 1 is 1.19 bits per heavy atom. The van der Waals surface area contributed by atoms with E-state index < -0.39 is 12.0 Å². The zero-order valence-corrected chi connectivity index (χ0v) is 11.8. The highest BCUT2D eigenvalue weighted by atomic mass is 16.4. The fraction of sp³-hybridized carbons (Fsp3) is 0.412. The molecule has 0 unspecified atom stereocenters. The molecule has 3 rings (SSSR count). The van der Waals surface area contributed by atoms with Gasteiger partial charge in [-0.1, -0.05) is 36.8 Å². The minimum absolute atomic E-state index is 0.110. The number of aliphatic carboxylic acids is 1. The van der Waals surface area contributed by atoms with Crippen molar-refractivity contribution in [1.82, 2.24) is 4.90 Å². The summed E-state index contributed by atoms with van der Waals surface area (Å²) in [6.45, 7) is 0. The number of nitrogens with zero attached hydrogens (tertiary/aromatic N) is 1. The minimum Gasteiger partial charge on any atom is -0.480 e. The summed E-state index contributed by atoms with van der Waals surface area (Å²) in [4.78, 5) is 25.5. The Kier molecular flexibility index (Phi) is 3.78. The lowest BCUT2D eigenvalue weighted by molar-refractivity contribution is -0.147. The highest BCUT2D eigenvalue weighted by molar-refractivity contribution is 5.95. The zero-order chi connectivity index (χ0) is 14.8. The smallest absolute Gasteiger partial charge is 0.326 e. The van der Waals surface area contributed by atoms with Crippen LogP contribution in [0.3, 0.4) is 0 Å². The Morgan fingerprint density at radius 2 is 1.95 bits per heavy atom. The van der Waals surface area contributed by atoms with Crippen molar-refractivity contribution in [3.63, 3.8) is 0 Å². The summed E-state index contributed by atoms with van der Waals surface area (Å²) >= 11 is 0. The Balaban J connectivity index is 1.78. The van der Waals surface area contributed by atoms with Gasteiger partial charge < -0.3 is 10.0 Å². The number of likely N-dealkylation sites (tertiary alicyclic amines) is 1. The molecule has 2 aliphatic rings. The molecule has 4 heteroatoms. The molecule has 0 radical (unpaired) electrons. The Hall–Kier alpha value is -2.10. The number of carboxylic acids is 1. The summed E-state index contributed by atoms with van der Waals surface area (Å²) < 4.78 is 0. The van der Waals surface area contributed by atoms with Crippen molar-refractivity contribution in [2.45, 2.75) is 37.8 Å². The molecule has 1 saturated heterocycles. The first-order valence-corrected chi connectivity index (χ1v) is 7.45. The van der Waals surface area contributed by atoms with E-state index in [9.17, 15) is 14.7 Å². The van der Waals surface area contributed by atoms with Gasteiger partial charge in [0.05, 0.1) is 0 Å². The first-order chi connectivity index (χ1) is 10.2. The van der Waals surface area contributed by atoms with Gasteiger partial charge in [-0.15, -0.1) is 0 Å². The molecule has 2 fully saturated rings. The quantitative estimate of drug-likeness (QED) is 0.868. The standard InChI is InChI=1S/C17H19NO3/c19-16(10-9-12-5-2-1-3-6-12)18-14-8-4-7-13(14)11-15(18)17(20)21/h1-3,5-6,9-10,13-15H,4,7-8,11H2,(H,20,21)/t13-,14-,15-/m0/s1. The molecule has 4 nitrogen and oxygen atoms in total. The molecular formula is C17H19NO3. The van der Waals surface area contributed by atoms with Gasteiger partial charge in [-0.05, 0) is 36.8 Å². The third-order valence-electron chi connectivity index (χ3n) is 4.60. The number of hydrogen-bond donors (Lipinski definition) is 1. The molecule has 0 spiro atoms. The van der Waals surface area contributed by atoms with Crippen molar-refractivity contribution < 1.29 is 14.7 Å². The largest absolute Gasteiger partial charge is 0.480 e. The van der Waals surface area contributed by atoms with Crippen LogP contribution >= 0.6 is 0 Å². The topological polar surface area (TPSA) is 57.6 Å². The number of carbonyl (C=O) groups excluding carboxylic acids is 1. The van der Waals surface area contributed by atoms with Gasteiger partial charge >= 0.3 is 5.97 Å². The van der Waals surface area contributed by atoms with Gasteiger partial charge in [-0.3, -0.25) is 4.79 Å². The van der Waals surface area contributed by atoms with Crippen LogP contribution in [0.15, 0.2) is 36.4 Å². The second-order valence-corrected chi connectivity index (χ2v) is 5.84. The van der Waals surface area contributed by atoms with Crippen molar-refractivity contribution in [3.8, 4) is 0 Å². The van der Waals surface area contributed by atoms with E-state index in [1.54, 1.807) is 11.0 Å². The van der Waals surface area contributed by atoms with Gasteiger partial charge in [0.1, 0.15) is 6.04 Å². The number of carbonyl (C=O) groups is 2. The van der Waals surface area contributed by atoms with E-state index in [1.165, 1.54) is 6.08 Å². The number of amides is 1. The number of rotatable bonds is 3. The SMILES string of the molecule is O=C(O)[C@@H]1C[C@@H]2CCC[C@@H]2N1C(=O)C=Cc1ccccc1. The lowest BCUT2D eigenvalue weighted by Gasteiger charge is -2.26. The molecular weight excluding hydrogens is 266 g/mol. The lowest BCUT2D eigenvalue weighted by Crippen LogP contribution is -2.44. The second kappa shape index (κ2) is 5.72. The Morgan fingerprint density at radius 3 is 2.67 bits per heavy atom. The van der Waals surface area contributed by atoms with Crippen LogP contribution in [-0.4, -0.2) is 34.0 Å². The molecule has 0 aromatic heterocycles. The highest BCUT2D eigenvalue weighted by Crippen LogP contribution is 2.41. The highest BCUT2D eigenvalue weighted by Gasteiger charge is 2.48. The molecule has 21 heavy (non-hydrogen) atoms. The van der Waals surface area contributed by atoms with E-state index in [4.69, 9.17) is 0 Å². The van der Waals surface area contributed by atoms with Crippen LogP contribution in [0.25, 0.3) is 6.08 Å². The van der Waals surface area contributed by atoms with E-state index >= 15 is 0 Å². The minimum atomic E-state index is -0.883. The third kappa shape index (κ3) is 2.71. The average molecular weight is 285 g/mol. The van der Waals surface area contributed by atoms with Crippen molar-refractivity contribution in [2.75, 3.05) is 0 Å². The van der Waals surface area contributed by atoms with Crippen LogP contribution in [-0.2, 0) is 9.59 Å². The Bertz CT molecular complexity index is 567.